The van der Waals surface area contributed by atoms with Crippen LogP contribution < -0.4 is 14.5 Å². The van der Waals surface area contributed by atoms with Crippen molar-refractivity contribution in [1.29, 1.82) is 0 Å². The Balaban J connectivity index is 1.47. The van der Waals surface area contributed by atoms with Gasteiger partial charge in [-0.15, -0.1) is 0 Å². The lowest BCUT2D eigenvalue weighted by atomic mass is 10.1. The van der Waals surface area contributed by atoms with Gasteiger partial charge in [-0.2, -0.15) is 9.61 Å². The second-order valence-electron chi connectivity index (χ2n) is 7.42. The number of rotatable bonds is 4. The van der Waals surface area contributed by atoms with Crippen LogP contribution in [-0.2, 0) is 0 Å². The summed E-state index contributed by atoms with van der Waals surface area (Å²) in [5.74, 6) is 2.91. The van der Waals surface area contributed by atoms with E-state index >= 15 is 0 Å². The lowest BCUT2D eigenvalue weighted by Crippen LogP contribution is -2.47. The Hall–Kier alpha value is -3.61. The van der Waals surface area contributed by atoms with Crippen LogP contribution in [0.15, 0.2) is 60.8 Å². The number of methoxy groups -OCH3 is 1. The van der Waals surface area contributed by atoms with Crippen LogP contribution >= 0.6 is 0 Å². The predicted molar refractivity (Wildman–Crippen MR) is 118 cm³/mol. The van der Waals surface area contributed by atoms with Crippen LogP contribution in [0.25, 0.3) is 16.9 Å². The first-order valence-electron chi connectivity index (χ1n) is 10.1. The van der Waals surface area contributed by atoms with Gasteiger partial charge in [0.1, 0.15) is 17.4 Å². The number of fused-ring (bicyclic) bond motifs is 1. The van der Waals surface area contributed by atoms with Crippen molar-refractivity contribution in [3.8, 4) is 17.0 Å². The molecule has 7 heteroatoms. The van der Waals surface area contributed by atoms with Crippen LogP contribution in [0.5, 0.6) is 5.75 Å². The van der Waals surface area contributed by atoms with Crippen molar-refractivity contribution in [2.45, 2.75) is 6.92 Å². The fourth-order valence-corrected chi connectivity index (χ4v) is 4.00. The lowest BCUT2D eigenvalue weighted by Gasteiger charge is -2.36. The van der Waals surface area contributed by atoms with Crippen molar-refractivity contribution in [3.05, 3.63) is 66.5 Å². The first kappa shape index (κ1) is 18.4. The molecule has 152 valence electrons. The Kier molecular flexibility index (Phi) is 4.71. The van der Waals surface area contributed by atoms with Crippen molar-refractivity contribution in [3.63, 3.8) is 0 Å². The van der Waals surface area contributed by atoms with Gasteiger partial charge in [-0.05, 0) is 31.2 Å². The number of hydrogen-bond donors (Lipinski definition) is 0. The molecule has 0 spiro atoms. The highest BCUT2D eigenvalue weighted by molar-refractivity contribution is 5.71. The third kappa shape index (κ3) is 3.32. The fraction of sp³-hybridized carbons (Fsp3) is 0.261. The van der Waals surface area contributed by atoms with E-state index in [2.05, 4.69) is 26.9 Å². The fourth-order valence-electron chi connectivity index (χ4n) is 4.00. The van der Waals surface area contributed by atoms with E-state index in [-0.39, 0.29) is 0 Å². The van der Waals surface area contributed by atoms with Crippen molar-refractivity contribution in [2.24, 2.45) is 0 Å². The smallest absolute Gasteiger partial charge is 0.158 e. The van der Waals surface area contributed by atoms with Crippen LogP contribution in [0.3, 0.4) is 0 Å². The highest BCUT2D eigenvalue weighted by Gasteiger charge is 2.22. The van der Waals surface area contributed by atoms with E-state index < -0.39 is 0 Å². The first-order valence-corrected chi connectivity index (χ1v) is 10.1. The number of anilines is 2. The average molecular weight is 400 g/mol. The summed E-state index contributed by atoms with van der Waals surface area (Å²) >= 11 is 0. The molecule has 0 aliphatic carbocycles. The predicted octanol–water partition coefficient (Wildman–Crippen LogP) is 3.43. The molecule has 1 aliphatic heterocycles. The summed E-state index contributed by atoms with van der Waals surface area (Å²) in [6, 6.07) is 18.1. The molecule has 0 bridgehead atoms. The molecule has 0 radical (unpaired) electrons. The molecule has 4 aromatic rings. The molecule has 1 aromatic carbocycles. The number of nitrogens with zero attached hydrogens (tertiary/aromatic N) is 6. The Labute approximate surface area is 175 Å². The summed E-state index contributed by atoms with van der Waals surface area (Å²) in [6.45, 7) is 5.67. The third-order valence-electron chi connectivity index (χ3n) is 5.50. The number of pyridine rings is 1. The summed E-state index contributed by atoms with van der Waals surface area (Å²) in [6.07, 6.45) is 1.85. The lowest BCUT2D eigenvalue weighted by molar-refractivity contribution is 0.416. The maximum Gasteiger partial charge on any atom is 0.158 e. The van der Waals surface area contributed by atoms with Crippen LogP contribution in [0.4, 0.5) is 11.6 Å². The van der Waals surface area contributed by atoms with Crippen LogP contribution in [0, 0.1) is 6.92 Å². The van der Waals surface area contributed by atoms with Gasteiger partial charge in [0.25, 0.3) is 0 Å². The van der Waals surface area contributed by atoms with Gasteiger partial charge in [0.15, 0.2) is 5.65 Å². The monoisotopic (exact) mass is 400 g/mol. The van der Waals surface area contributed by atoms with Gasteiger partial charge in [-0.1, -0.05) is 18.2 Å². The molecule has 0 saturated carbocycles. The number of piperazine rings is 1. The molecule has 1 saturated heterocycles. The molecule has 7 nitrogen and oxygen atoms in total. The quantitative estimate of drug-likeness (QED) is 0.523. The summed E-state index contributed by atoms with van der Waals surface area (Å²) < 4.78 is 7.48. The standard InChI is InChI=1S/C23H24N6O/c1-17-15-23(28-13-11-27(12-14-28)21-9-5-6-10-24-21)29-22(25-17)16-19(26-29)18-7-3-4-8-20(18)30-2/h3-10,15-16H,11-14H2,1-2H3. The van der Waals surface area contributed by atoms with Gasteiger partial charge in [0, 0.05) is 55.8 Å². The zero-order valence-corrected chi connectivity index (χ0v) is 17.2. The Bertz CT molecular complexity index is 1170. The minimum absolute atomic E-state index is 0.808. The van der Waals surface area contributed by atoms with E-state index in [4.69, 9.17) is 14.8 Å². The van der Waals surface area contributed by atoms with Crippen LogP contribution in [0.2, 0.25) is 0 Å². The zero-order valence-electron chi connectivity index (χ0n) is 17.2. The largest absolute Gasteiger partial charge is 0.496 e. The van der Waals surface area contributed by atoms with Crippen LogP contribution in [-0.4, -0.2) is 52.9 Å². The van der Waals surface area contributed by atoms with Gasteiger partial charge in [0.05, 0.1) is 12.8 Å². The molecule has 5 rings (SSSR count). The second-order valence-corrected chi connectivity index (χ2v) is 7.42. The summed E-state index contributed by atoms with van der Waals surface area (Å²) in [5, 5.41) is 4.89. The van der Waals surface area contributed by atoms with Gasteiger partial charge >= 0.3 is 0 Å². The molecule has 0 unspecified atom stereocenters. The molecular formula is C23H24N6O. The molecule has 1 fully saturated rings. The van der Waals surface area contributed by atoms with Gasteiger partial charge < -0.3 is 14.5 Å². The molecule has 3 aromatic heterocycles. The Morgan fingerprint density at radius 1 is 0.900 bits per heavy atom. The number of aromatic nitrogens is 4. The van der Waals surface area contributed by atoms with Crippen LogP contribution in [0.1, 0.15) is 5.69 Å². The van der Waals surface area contributed by atoms with Crippen molar-refractivity contribution in [1.82, 2.24) is 19.6 Å². The molecule has 0 N–H and O–H groups in total. The SMILES string of the molecule is COc1ccccc1-c1cc2nc(C)cc(N3CCN(c4ccccn4)CC3)n2n1. The van der Waals surface area contributed by atoms with Gasteiger partial charge in [0.2, 0.25) is 0 Å². The molecule has 30 heavy (non-hydrogen) atoms. The maximum atomic E-state index is 5.53. The maximum absolute atomic E-state index is 5.53. The highest BCUT2D eigenvalue weighted by atomic mass is 16.5. The van der Waals surface area contributed by atoms with E-state index in [1.807, 2.05) is 60.1 Å². The van der Waals surface area contributed by atoms with E-state index in [1.165, 1.54) is 0 Å². The van der Waals surface area contributed by atoms with Crippen molar-refractivity contribution in [2.75, 3.05) is 43.1 Å². The molecule has 4 heterocycles. The highest BCUT2D eigenvalue weighted by Crippen LogP contribution is 2.30. The van der Waals surface area contributed by atoms with E-state index in [0.717, 1.165) is 66.2 Å². The second kappa shape index (κ2) is 7.67. The van der Waals surface area contributed by atoms with Gasteiger partial charge in [-0.25, -0.2) is 9.97 Å². The van der Waals surface area contributed by atoms with E-state index in [9.17, 15) is 0 Å². The van der Waals surface area contributed by atoms with E-state index in [0.29, 0.717) is 0 Å². The Morgan fingerprint density at radius 2 is 1.67 bits per heavy atom. The summed E-state index contributed by atoms with van der Waals surface area (Å²) in [7, 11) is 1.68. The first-order chi connectivity index (χ1) is 14.7. The number of hydrogen-bond acceptors (Lipinski definition) is 6. The molecular weight excluding hydrogens is 376 g/mol. The topological polar surface area (TPSA) is 58.8 Å². The zero-order chi connectivity index (χ0) is 20.5. The third-order valence-corrected chi connectivity index (χ3v) is 5.50. The van der Waals surface area contributed by atoms with E-state index in [1.54, 1.807) is 7.11 Å². The minimum Gasteiger partial charge on any atom is -0.496 e. The molecule has 0 atom stereocenters. The van der Waals surface area contributed by atoms with Gasteiger partial charge in [-0.3, -0.25) is 0 Å². The molecule has 1 aliphatic rings. The minimum atomic E-state index is 0.808. The number of benzene rings is 1. The van der Waals surface area contributed by atoms with Crippen molar-refractivity contribution >= 4 is 17.3 Å². The summed E-state index contributed by atoms with van der Waals surface area (Å²) in [4.78, 5) is 13.9. The molecule has 0 amide bonds. The average Bonchev–Trinajstić information content (AvgIpc) is 3.23. The normalized spacial score (nSPS) is 14.3. The summed E-state index contributed by atoms with van der Waals surface area (Å²) in [5.41, 5.74) is 3.65. The number of para-hydroxylation sites is 1. The number of aryl methyl sites for hydroxylation is 1. The number of ether oxygens (including phenoxy) is 1. The van der Waals surface area contributed by atoms with Crippen molar-refractivity contribution < 1.29 is 4.74 Å². The Morgan fingerprint density at radius 3 is 2.43 bits per heavy atom.